The zero-order chi connectivity index (χ0) is 22.1. The van der Waals surface area contributed by atoms with Gasteiger partial charge in [0.15, 0.2) is 6.10 Å². The zero-order valence-corrected chi connectivity index (χ0v) is 18.9. The molecule has 1 N–H and O–H groups in total. The smallest absolute Gasteiger partial charge is 0.261 e. The molecule has 0 spiro atoms. The standard InChI is InChI=1S/C21H27FN2O4S2/c1-4-20(28-18-11-9-17(10-12-18)24(2)30(3,26)27)21(25)23-13-14-29-15-16-7-5-6-8-19(16)22/h5-12,20H,4,13-15H2,1-3H3,(H,23,25)/t20-/m1/s1. The van der Waals surface area contributed by atoms with Crippen molar-refractivity contribution in [3.05, 3.63) is 59.9 Å². The maximum atomic E-state index is 13.6. The third kappa shape index (κ3) is 7.21. The predicted molar refractivity (Wildman–Crippen MR) is 120 cm³/mol. The molecular formula is C21H27FN2O4S2. The van der Waals surface area contributed by atoms with Crippen LogP contribution in [0.15, 0.2) is 48.5 Å². The van der Waals surface area contributed by atoms with Crippen LogP contribution in [0.3, 0.4) is 0 Å². The van der Waals surface area contributed by atoms with Crippen molar-refractivity contribution in [1.82, 2.24) is 5.32 Å². The summed E-state index contributed by atoms with van der Waals surface area (Å²) < 4.78 is 43.7. The summed E-state index contributed by atoms with van der Waals surface area (Å²) >= 11 is 1.54. The number of ether oxygens (including phenoxy) is 1. The number of nitrogens with zero attached hydrogens (tertiary/aromatic N) is 1. The molecular weight excluding hydrogens is 427 g/mol. The fourth-order valence-electron chi connectivity index (χ4n) is 2.57. The molecule has 2 aromatic rings. The summed E-state index contributed by atoms with van der Waals surface area (Å²) in [6, 6.07) is 13.2. The second-order valence-electron chi connectivity index (χ2n) is 6.67. The van der Waals surface area contributed by atoms with Crippen LogP contribution in [0, 0.1) is 5.82 Å². The van der Waals surface area contributed by atoms with E-state index in [1.807, 2.05) is 6.92 Å². The molecule has 1 atom stereocenters. The average molecular weight is 455 g/mol. The molecule has 0 bridgehead atoms. The zero-order valence-electron chi connectivity index (χ0n) is 17.3. The van der Waals surface area contributed by atoms with Gasteiger partial charge in [0.25, 0.3) is 5.91 Å². The van der Waals surface area contributed by atoms with Gasteiger partial charge in [-0.3, -0.25) is 9.10 Å². The Bertz CT molecular complexity index is 936. The van der Waals surface area contributed by atoms with Crippen molar-refractivity contribution >= 4 is 33.4 Å². The van der Waals surface area contributed by atoms with Crippen molar-refractivity contribution in [2.24, 2.45) is 0 Å². The van der Waals surface area contributed by atoms with Gasteiger partial charge in [-0.2, -0.15) is 11.8 Å². The lowest BCUT2D eigenvalue weighted by Crippen LogP contribution is -2.39. The lowest BCUT2D eigenvalue weighted by Gasteiger charge is -2.19. The minimum Gasteiger partial charge on any atom is -0.481 e. The van der Waals surface area contributed by atoms with E-state index in [2.05, 4.69) is 5.32 Å². The highest BCUT2D eigenvalue weighted by molar-refractivity contribution is 7.98. The van der Waals surface area contributed by atoms with Gasteiger partial charge in [0.2, 0.25) is 10.0 Å². The summed E-state index contributed by atoms with van der Waals surface area (Å²) in [6.45, 7) is 2.30. The quantitative estimate of drug-likeness (QED) is 0.527. The summed E-state index contributed by atoms with van der Waals surface area (Å²) in [7, 11) is -1.87. The number of rotatable bonds is 11. The maximum Gasteiger partial charge on any atom is 0.261 e. The van der Waals surface area contributed by atoms with Crippen molar-refractivity contribution in [1.29, 1.82) is 0 Å². The van der Waals surface area contributed by atoms with E-state index in [-0.39, 0.29) is 11.7 Å². The molecule has 0 unspecified atom stereocenters. The van der Waals surface area contributed by atoms with Gasteiger partial charge in [-0.1, -0.05) is 25.1 Å². The highest BCUT2D eigenvalue weighted by atomic mass is 32.2. The van der Waals surface area contributed by atoms with Crippen LogP contribution in [-0.2, 0) is 20.6 Å². The van der Waals surface area contributed by atoms with E-state index in [9.17, 15) is 17.6 Å². The Balaban J connectivity index is 1.79. The van der Waals surface area contributed by atoms with Crippen LogP contribution >= 0.6 is 11.8 Å². The first-order chi connectivity index (χ1) is 14.2. The Morgan fingerprint density at radius 1 is 1.20 bits per heavy atom. The van der Waals surface area contributed by atoms with Crippen molar-refractivity contribution in [2.45, 2.75) is 25.2 Å². The van der Waals surface area contributed by atoms with Crippen molar-refractivity contribution in [3.8, 4) is 5.75 Å². The number of anilines is 1. The Labute approximate surface area is 181 Å². The molecule has 30 heavy (non-hydrogen) atoms. The van der Waals surface area contributed by atoms with Crippen LogP contribution < -0.4 is 14.4 Å². The number of hydrogen-bond acceptors (Lipinski definition) is 5. The molecule has 164 valence electrons. The molecule has 0 aliphatic rings. The highest BCUT2D eigenvalue weighted by Gasteiger charge is 2.18. The molecule has 9 heteroatoms. The van der Waals surface area contributed by atoms with Gasteiger partial charge in [0.1, 0.15) is 11.6 Å². The van der Waals surface area contributed by atoms with Crippen LogP contribution in [0.5, 0.6) is 5.75 Å². The highest BCUT2D eigenvalue weighted by Crippen LogP contribution is 2.21. The molecule has 2 rings (SSSR count). The molecule has 0 fully saturated rings. The van der Waals surface area contributed by atoms with E-state index in [0.29, 0.717) is 41.5 Å². The van der Waals surface area contributed by atoms with Gasteiger partial charge >= 0.3 is 0 Å². The first-order valence-corrected chi connectivity index (χ1v) is 12.5. The van der Waals surface area contributed by atoms with Crippen molar-refractivity contribution in [2.75, 3.05) is 29.9 Å². The van der Waals surface area contributed by atoms with Crippen LogP contribution in [0.25, 0.3) is 0 Å². The Hall–Kier alpha value is -2.26. The molecule has 2 aromatic carbocycles. The SMILES string of the molecule is CC[C@@H](Oc1ccc(N(C)S(C)(=O)=O)cc1)C(=O)NCCSCc1ccccc1F. The number of carbonyl (C=O) groups is 1. The third-order valence-corrected chi connectivity index (χ3v) is 6.61. The Morgan fingerprint density at radius 3 is 2.47 bits per heavy atom. The molecule has 0 aliphatic heterocycles. The lowest BCUT2D eigenvalue weighted by molar-refractivity contribution is -0.127. The van der Waals surface area contributed by atoms with Crippen LogP contribution in [0.4, 0.5) is 10.1 Å². The Morgan fingerprint density at radius 2 is 1.87 bits per heavy atom. The van der Waals surface area contributed by atoms with Gasteiger partial charge in [0.05, 0.1) is 11.9 Å². The molecule has 0 saturated carbocycles. The van der Waals surface area contributed by atoms with Gasteiger partial charge in [-0.25, -0.2) is 12.8 Å². The number of halogens is 1. The predicted octanol–water partition coefficient (Wildman–Crippen LogP) is 3.43. The minimum absolute atomic E-state index is 0.220. The number of hydrogen-bond donors (Lipinski definition) is 1. The molecule has 0 radical (unpaired) electrons. The normalized spacial score (nSPS) is 12.3. The summed E-state index contributed by atoms with van der Waals surface area (Å²) in [5.41, 5.74) is 1.16. The van der Waals surface area contributed by atoms with Crippen molar-refractivity contribution < 1.29 is 22.3 Å². The first-order valence-electron chi connectivity index (χ1n) is 9.52. The molecule has 0 aliphatic carbocycles. The minimum atomic E-state index is -3.34. The van der Waals surface area contributed by atoms with E-state index < -0.39 is 16.1 Å². The van der Waals surface area contributed by atoms with Crippen LogP contribution in [0.1, 0.15) is 18.9 Å². The van der Waals surface area contributed by atoms with Gasteiger partial charge in [-0.15, -0.1) is 0 Å². The van der Waals surface area contributed by atoms with Gasteiger partial charge in [0, 0.05) is 25.1 Å². The van der Waals surface area contributed by atoms with E-state index in [0.717, 1.165) is 6.26 Å². The van der Waals surface area contributed by atoms with E-state index >= 15 is 0 Å². The number of amides is 1. The fourth-order valence-corrected chi connectivity index (χ4v) is 3.92. The summed E-state index contributed by atoms with van der Waals surface area (Å²) in [5, 5.41) is 2.84. The van der Waals surface area contributed by atoms with Gasteiger partial charge < -0.3 is 10.1 Å². The Kier molecular flexibility index (Phi) is 8.98. The first kappa shape index (κ1) is 24.0. The maximum absolute atomic E-state index is 13.6. The second-order valence-corrected chi connectivity index (χ2v) is 9.79. The van der Waals surface area contributed by atoms with E-state index in [1.54, 1.807) is 54.2 Å². The number of thioether (sulfide) groups is 1. The summed E-state index contributed by atoms with van der Waals surface area (Å²) in [4.78, 5) is 12.4. The van der Waals surface area contributed by atoms with E-state index in [4.69, 9.17) is 4.74 Å². The fraction of sp³-hybridized carbons (Fsp3) is 0.381. The number of nitrogens with one attached hydrogen (secondary N) is 1. The summed E-state index contributed by atoms with van der Waals surface area (Å²) in [5.74, 6) is 1.24. The molecule has 0 saturated heterocycles. The number of benzene rings is 2. The van der Waals surface area contributed by atoms with Crippen molar-refractivity contribution in [3.63, 3.8) is 0 Å². The largest absolute Gasteiger partial charge is 0.481 e. The number of sulfonamides is 1. The summed E-state index contributed by atoms with van der Waals surface area (Å²) in [6.07, 6.45) is 0.961. The molecule has 6 nitrogen and oxygen atoms in total. The third-order valence-electron chi connectivity index (χ3n) is 4.40. The number of carbonyl (C=O) groups excluding carboxylic acids is 1. The monoisotopic (exact) mass is 454 g/mol. The van der Waals surface area contributed by atoms with E-state index in [1.165, 1.54) is 17.4 Å². The molecule has 0 aromatic heterocycles. The topological polar surface area (TPSA) is 75.7 Å². The molecule has 0 heterocycles. The van der Waals surface area contributed by atoms with Gasteiger partial charge in [-0.05, 0) is 42.3 Å². The van der Waals surface area contributed by atoms with Crippen LogP contribution in [-0.4, -0.2) is 46.0 Å². The second kappa shape index (κ2) is 11.2. The average Bonchev–Trinajstić information content (AvgIpc) is 2.72. The van der Waals surface area contributed by atoms with Crippen LogP contribution in [0.2, 0.25) is 0 Å². The molecule has 1 amide bonds. The lowest BCUT2D eigenvalue weighted by atomic mass is 10.2.